The number of hydrogen-bond donors (Lipinski definition) is 1. The Balaban J connectivity index is 1.19. The predicted molar refractivity (Wildman–Crippen MR) is 140 cm³/mol. The topological polar surface area (TPSA) is 113 Å². The van der Waals surface area contributed by atoms with Crippen LogP contribution in [0, 0.1) is 5.92 Å². The molecule has 0 unspecified atom stereocenters. The summed E-state index contributed by atoms with van der Waals surface area (Å²) in [6, 6.07) is 12.4. The normalized spacial score (nSPS) is 18.4. The smallest absolute Gasteiger partial charge is 0.243 e. The van der Waals surface area contributed by atoms with E-state index in [-0.39, 0.29) is 47.9 Å². The SMILES string of the molecule is O=C(NCCOc1ccc(S(=O)(=O)N2CCCCC2)cc1)C1CCN(S(=O)(=O)c2ccc(Cl)cc2)CC1. The lowest BCUT2D eigenvalue weighted by Gasteiger charge is -2.30. The van der Waals surface area contributed by atoms with Gasteiger partial charge >= 0.3 is 0 Å². The number of sulfonamides is 2. The molecule has 2 heterocycles. The third kappa shape index (κ3) is 6.83. The van der Waals surface area contributed by atoms with Crippen molar-refractivity contribution >= 4 is 37.6 Å². The molecule has 4 rings (SSSR count). The van der Waals surface area contributed by atoms with E-state index in [1.165, 1.54) is 20.7 Å². The number of amides is 1. The zero-order valence-corrected chi connectivity index (χ0v) is 22.9. The molecule has 202 valence electrons. The second kappa shape index (κ2) is 12.1. The molecule has 0 aromatic heterocycles. The number of carbonyl (C=O) groups excluding carboxylic acids is 1. The van der Waals surface area contributed by atoms with Crippen molar-refractivity contribution in [2.24, 2.45) is 5.92 Å². The fourth-order valence-corrected chi connectivity index (χ4v) is 7.68. The van der Waals surface area contributed by atoms with E-state index < -0.39 is 20.0 Å². The van der Waals surface area contributed by atoms with E-state index in [0.29, 0.717) is 36.7 Å². The zero-order chi connectivity index (χ0) is 26.5. The Bertz CT molecular complexity index is 1270. The molecule has 0 radical (unpaired) electrons. The number of piperidine rings is 2. The molecule has 0 aliphatic carbocycles. The number of rotatable bonds is 9. The first-order valence-corrected chi connectivity index (χ1v) is 15.7. The first-order chi connectivity index (χ1) is 17.7. The first-order valence-electron chi connectivity index (χ1n) is 12.4. The van der Waals surface area contributed by atoms with Gasteiger partial charge in [0, 0.05) is 37.1 Å². The summed E-state index contributed by atoms with van der Waals surface area (Å²) in [6.07, 6.45) is 3.70. The maximum atomic E-state index is 12.8. The average Bonchev–Trinajstić information content (AvgIpc) is 2.92. The highest BCUT2D eigenvalue weighted by atomic mass is 35.5. The van der Waals surface area contributed by atoms with Crippen LogP contribution in [0.25, 0.3) is 0 Å². The van der Waals surface area contributed by atoms with Crippen molar-refractivity contribution in [3.05, 3.63) is 53.6 Å². The molecule has 37 heavy (non-hydrogen) atoms. The molecule has 0 spiro atoms. The molecule has 2 saturated heterocycles. The van der Waals surface area contributed by atoms with Gasteiger partial charge in [-0.3, -0.25) is 4.79 Å². The molecule has 0 bridgehead atoms. The van der Waals surface area contributed by atoms with Gasteiger partial charge in [0.2, 0.25) is 26.0 Å². The molecular weight excluding hydrogens is 538 g/mol. The molecule has 0 saturated carbocycles. The summed E-state index contributed by atoms with van der Waals surface area (Å²) in [5.41, 5.74) is 0. The maximum absolute atomic E-state index is 12.8. The molecule has 2 aromatic rings. The number of nitrogens with one attached hydrogen (secondary N) is 1. The van der Waals surface area contributed by atoms with E-state index in [0.717, 1.165) is 19.3 Å². The minimum Gasteiger partial charge on any atom is -0.492 e. The van der Waals surface area contributed by atoms with Gasteiger partial charge in [-0.1, -0.05) is 18.0 Å². The highest BCUT2D eigenvalue weighted by molar-refractivity contribution is 7.89. The Hall–Kier alpha value is -2.18. The van der Waals surface area contributed by atoms with Crippen LogP contribution in [0.15, 0.2) is 58.3 Å². The Kier molecular flexibility index (Phi) is 9.12. The fraction of sp³-hybridized carbons (Fsp3) is 0.480. The number of ether oxygens (including phenoxy) is 1. The van der Waals surface area contributed by atoms with Crippen molar-refractivity contribution in [2.75, 3.05) is 39.3 Å². The van der Waals surface area contributed by atoms with Crippen LogP contribution < -0.4 is 10.1 Å². The molecule has 0 atom stereocenters. The number of halogens is 1. The number of nitrogens with zero attached hydrogens (tertiary/aromatic N) is 2. The van der Waals surface area contributed by atoms with Crippen molar-refractivity contribution < 1.29 is 26.4 Å². The van der Waals surface area contributed by atoms with Crippen LogP contribution in [0.5, 0.6) is 5.75 Å². The third-order valence-electron chi connectivity index (χ3n) is 6.72. The van der Waals surface area contributed by atoms with Crippen LogP contribution >= 0.6 is 11.6 Å². The van der Waals surface area contributed by atoms with Crippen molar-refractivity contribution in [1.29, 1.82) is 0 Å². The zero-order valence-electron chi connectivity index (χ0n) is 20.5. The highest BCUT2D eigenvalue weighted by Crippen LogP contribution is 2.25. The summed E-state index contributed by atoms with van der Waals surface area (Å²) in [7, 11) is -7.10. The van der Waals surface area contributed by atoms with E-state index in [2.05, 4.69) is 5.32 Å². The predicted octanol–water partition coefficient (Wildman–Crippen LogP) is 3.11. The van der Waals surface area contributed by atoms with E-state index in [1.54, 1.807) is 36.4 Å². The van der Waals surface area contributed by atoms with Crippen molar-refractivity contribution in [1.82, 2.24) is 13.9 Å². The van der Waals surface area contributed by atoms with Gasteiger partial charge in [-0.25, -0.2) is 16.8 Å². The molecule has 9 nitrogen and oxygen atoms in total. The van der Waals surface area contributed by atoms with Crippen LogP contribution in [-0.2, 0) is 24.8 Å². The molecule has 12 heteroatoms. The highest BCUT2D eigenvalue weighted by Gasteiger charge is 2.32. The summed E-state index contributed by atoms with van der Waals surface area (Å²) in [6.45, 7) is 2.16. The standard InChI is InChI=1S/C25H32ClN3O6S2/c26-21-4-8-23(9-5-21)37(33,34)29-17-12-20(13-18-29)25(30)27-14-19-35-22-6-10-24(11-7-22)36(31,32)28-15-2-1-3-16-28/h4-11,20H,1-3,12-19H2,(H,27,30). The second-order valence-corrected chi connectivity index (χ2v) is 13.5. The Morgan fingerprint density at radius 2 is 1.32 bits per heavy atom. The number of hydrogen-bond acceptors (Lipinski definition) is 6. The minimum atomic E-state index is -3.62. The molecule has 2 aliphatic heterocycles. The van der Waals surface area contributed by atoms with Gasteiger partial charge in [0.15, 0.2) is 0 Å². The molecule has 2 aromatic carbocycles. The van der Waals surface area contributed by atoms with Crippen LogP contribution in [0.4, 0.5) is 0 Å². The lowest BCUT2D eigenvalue weighted by molar-refractivity contribution is -0.126. The van der Waals surface area contributed by atoms with Crippen LogP contribution in [0.2, 0.25) is 5.02 Å². The van der Waals surface area contributed by atoms with Gasteiger partial charge in [-0.05, 0) is 74.2 Å². The fourth-order valence-electron chi connectivity index (χ4n) is 4.56. The number of benzene rings is 2. The van der Waals surface area contributed by atoms with Crippen LogP contribution in [0.1, 0.15) is 32.1 Å². The van der Waals surface area contributed by atoms with Gasteiger partial charge in [-0.2, -0.15) is 8.61 Å². The van der Waals surface area contributed by atoms with Crippen molar-refractivity contribution in [2.45, 2.75) is 41.9 Å². The summed E-state index contributed by atoms with van der Waals surface area (Å²) in [4.78, 5) is 13.0. The summed E-state index contributed by atoms with van der Waals surface area (Å²) >= 11 is 5.85. The first kappa shape index (κ1) is 27.8. The van der Waals surface area contributed by atoms with Gasteiger partial charge in [0.05, 0.1) is 16.3 Å². The minimum absolute atomic E-state index is 0.130. The Morgan fingerprint density at radius 3 is 1.89 bits per heavy atom. The molecular formula is C25H32ClN3O6S2. The van der Waals surface area contributed by atoms with E-state index in [9.17, 15) is 21.6 Å². The van der Waals surface area contributed by atoms with Crippen LogP contribution in [0.3, 0.4) is 0 Å². The Labute approximate surface area is 223 Å². The average molecular weight is 570 g/mol. The second-order valence-electron chi connectivity index (χ2n) is 9.21. The van der Waals surface area contributed by atoms with Gasteiger partial charge in [-0.15, -0.1) is 0 Å². The molecule has 2 fully saturated rings. The largest absolute Gasteiger partial charge is 0.492 e. The molecule has 1 amide bonds. The van der Waals surface area contributed by atoms with E-state index in [1.807, 2.05) is 0 Å². The summed E-state index contributed by atoms with van der Waals surface area (Å²) in [5, 5.41) is 3.31. The lowest BCUT2D eigenvalue weighted by atomic mass is 9.97. The van der Waals surface area contributed by atoms with Gasteiger partial charge < -0.3 is 10.1 Å². The summed E-state index contributed by atoms with van der Waals surface area (Å²) in [5.74, 6) is 0.124. The molecule has 1 N–H and O–H groups in total. The number of carbonyl (C=O) groups is 1. The summed E-state index contributed by atoms with van der Waals surface area (Å²) < 4.78 is 59.7. The molecule has 2 aliphatic rings. The van der Waals surface area contributed by atoms with Crippen molar-refractivity contribution in [3.63, 3.8) is 0 Å². The lowest BCUT2D eigenvalue weighted by Crippen LogP contribution is -2.43. The van der Waals surface area contributed by atoms with E-state index >= 15 is 0 Å². The van der Waals surface area contributed by atoms with Crippen LogP contribution in [-0.4, -0.2) is 70.7 Å². The third-order valence-corrected chi connectivity index (χ3v) is 10.8. The quantitative estimate of drug-likeness (QED) is 0.464. The monoisotopic (exact) mass is 569 g/mol. The van der Waals surface area contributed by atoms with Gasteiger partial charge in [0.1, 0.15) is 12.4 Å². The van der Waals surface area contributed by atoms with Crippen molar-refractivity contribution in [3.8, 4) is 5.75 Å². The van der Waals surface area contributed by atoms with Gasteiger partial charge in [0.25, 0.3) is 0 Å². The van der Waals surface area contributed by atoms with E-state index in [4.69, 9.17) is 16.3 Å². The maximum Gasteiger partial charge on any atom is 0.243 e. The Morgan fingerprint density at radius 1 is 0.811 bits per heavy atom.